The zero-order valence-electron chi connectivity index (χ0n) is 17.0. The Labute approximate surface area is 182 Å². The summed E-state index contributed by atoms with van der Waals surface area (Å²) < 4.78 is 61.5. The van der Waals surface area contributed by atoms with E-state index >= 15 is 0 Å². The van der Waals surface area contributed by atoms with E-state index in [1.54, 1.807) is 30.0 Å². The van der Waals surface area contributed by atoms with Crippen LogP contribution in [0.5, 0.6) is 11.6 Å². The molecule has 2 heterocycles. The molecule has 4 rings (SSSR count). The number of aryl methyl sites for hydroxylation is 2. The lowest BCUT2D eigenvalue weighted by atomic mass is 10.3. The van der Waals surface area contributed by atoms with Crippen LogP contribution in [0, 0.1) is 25.5 Å². The molecule has 4 aromatic rings. The number of sulfonamides is 1. The van der Waals surface area contributed by atoms with Crippen LogP contribution in [0.4, 0.5) is 14.5 Å². The van der Waals surface area contributed by atoms with Crippen LogP contribution in [0.2, 0.25) is 0 Å². The first kappa shape index (κ1) is 21.4. The largest absolute Gasteiger partial charge is 0.439 e. The standard InChI is InChI=1S/C21H17F2N5O3S/c1-13-25-20(28-10-9-24-14(28)2)12-21(26-13)31-17-6-4-16(5-7-17)27-32(29,30)19-8-3-15(22)11-18(19)23/h3-12,27H,1-2H3. The maximum atomic E-state index is 13.9. The molecule has 0 aliphatic heterocycles. The third kappa shape index (κ3) is 4.57. The third-order valence-electron chi connectivity index (χ3n) is 4.39. The summed E-state index contributed by atoms with van der Waals surface area (Å²) in [5, 5.41) is 0. The van der Waals surface area contributed by atoms with Crippen molar-refractivity contribution < 1.29 is 21.9 Å². The minimum Gasteiger partial charge on any atom is -0.439 e. The number of hydrogen-bond acceptors (Lipinski definition) is 6. The molecule has 0 bridgehead atoms. The van der Waals surface area contributed by atoms with E-state index in [9.17, 15) is 17.2 Å². The van der Waals surface area contributed by atoms with E-state index in [1.807, 2.05) is 6.92 Å². The van der Waals surface area contributed by atoms with Crippen molar-refractivity contribution in [1.82, 2.24) is 19.5 Å². The molecule has 0 unspecified atom stereocenters. The number of halogens is 2. The van der Waals surface area contributed by atoms with Gasteiger partial charge < -0.3 is 4.74 Å². The van der Waals surface area contributed by atoms with E-state index in [-0.39, 0.29) is 5.69 Å². The smallest absolute Gasteiger partial charge is 0.264 e. The fourth-order valence-electron chi connectivity index (χ4n) is 2.94. The van der Waals surface area contributed by atoms with Gasteiger partial charge in [0.05, 0.1) is 0 Å². The summed E-state index contributed by atoms with van der Waals surface area (Å²) in [6.07, 6.45) is 3.43. The third-order valence-corrected chi connectivity index (χ3v) is 5.80. The molecule has 2 aromatic heterocycles. The Morgan fingerprint density at radius 3 is 2.41 bits per heavy atom. The number of rotatable bonds is 6. The quantitative estimate of drug-likeness (QED) is 0.467. The first-order valence-electron chi connectivity index (χ1n) is 9.33. The molecule has 0 amide bonds. The monoisotopic (exact) mass is 457 g/mol. The predicted octanol–water partition coefficient (Wildman–Crippen LogP) is 4.15. The molecular formula is C21H17F2N5O3S. The van der Waals surface area contributed by atoms with Gasteiger partial charge in [0, 0.05) is 30.2 Å². The Balaban J connectivity index is 1.52. The number of aromatic nitrogens is 4. The minimum absolute atomic E-state index is 0.176. The van der Waals surface area contributed by atoms with Gasteiger partial charge in [0.2, 0.25) is 5.88 Å². The molecule has 11 heteroatoms. The number of nitrogens with one attached hydrogen (secondary N) is 1. The van der Waals surface area contributed by atoms with Gasteiger partial charge >= 0.3 is 0 Å². The molecule has 0 spiro atoms. The first-order chi connectivity index (χ1) is 15.2. The van der Waals surface area contributed by atoms with Crippen molar-refractivity contribution in [2.24, 2.45) is 0 Å². The molecule has 0 aliphatic carbocycles. The fraction of sp³-hybridized carbons (Fsp3) is 0.0952. The maximum absolute atomic E-state index is 13.9. The van der Waals surface area contributed by atoms with Crippen LogP contribution in [0.3, 0.4) is 0 Å². The summed E-state index contributed by atoms with van der Waals surface area (Å²) >= 11 is 0. The van der Waals surface area contributed by atoms with Gasteiger partial charge in [-0.25, -0.2) is 27.2 Å². The van der Waals surface area contributed by atoms with Crippen LogP contribution in [0.25, 0.3) is 5.82 Å². The van der Waals surface area contributed by atoms with Gasteiger partial charge in [0.25, 0.3) is 10.0 Å². The van der Waals surface area contributed by atoms with Crippen molar-refractivity contribution in [2.75, 3.05) is 4.72 Å². The SMILES string of the molecule is Cc1nc(Oc2ccc(NS(=O)(=O)c3ccc(F)cc3F)cc2)cc(-n2ccnc2C)n1. The van der Waals surface area contributed by atoms with Crippen LogP contribution in [0.15, 0.2) is 65.8 Å². The topological polar surface area (TPSA) is 99.0 Å². The predicted molar refractivity (Wildman–Crippen MR) is 112 cm³/mol. The summed E-state index contributed by atoms with van der Waals surface area (Å²) in [6.45, 7) is 3.57. The van der Waals surface area contributed by atoms with Crippen molar-refractivity contribution in [2.45, 2.75) is 18.7 Å². The van der Waals surface area contributed by atoms with Crippen LogP contribution >= 0.6 is 0 Å². The van der Waals surface area contributed by atoms with Gasteiger partial charge in [0.15, 0.2) is 0 Å². The highest BCUT2D eigenvalue weighted by Gasteiger charge is 2.19. The van der Waals surface area contributed by atoms with Gasteiger partial charge in [0.1, 0.15) is 39.7 Å². The van der Waals surface area contributed by atoms with Crippen LogP contribution in [-0.4, -0.2) is 27.9 Å². The van der Waals surface area contributed by atoms with E-state index in [2.05, 4.69) is 19.7 Å². The molecular weight excluding hydrogens is 440 g/mol. The maximum Gasteiger partial charge on any atom is 0.264 e. The molecule has 2 aromatic carbocycles. The highest BCUT2D eigenvalue weighted by atomic mass is 32.2. The zero-order chi connectivity index (χ0) is 22.9. The van der Waals surface area contributed by atoms with Gasteiger partial charge in [-0.1, -0.05) is 0 Å². The van der Waals surface area contributed by atoms with Crippen LogP contribution in [0.1, 0.15) is 11.6 Å². The second-order valence-electron chi connectivity index (χ2n) is 6.76. The van der Waals surface area contributed by atoms with E-state index in [4.69, 9.17) is 4.74 Å². The summed E-state index contributed by atoms with van der Waals surface area (Å²) in [5.41, 5.74) is 0.176. The van der Waals surface area contributed by atoms with E-state index in [1.165, 1.54) is 24.3 Å². The number of imidazole rings is 1. The Morgan fingerprint density at radius 1 is 1.00 bits per heavy atom. The summed E-state index contributed by atoms with van der Waals surface area (Å²) in [6, 6.07) is 9.84. The van der Waals surface area contributed by atoms with Crippen molar-refractivity contribution >= 4 is 15.7 Å². The van der Waals surface area contributed by atoms with Gasteiger partial charge in [-0.05, 0) is 50.2 Å². The molecule has 1 N–H and O–H groups in total. The summed E-state index contributed by atoms with van der Waals surface area (Å²) in [7, 11) is -4.23. The average Bonchev–Trinajstić information content (AvgIpc) is 3.14. The average molecular weight is 457 g/mol. The molecule has 164 valence electrons. The van der Waals surface area contributed by atoms with Crippen molar-refractivity contribution in [1.29, 1.82) is 0 Å². The van der Waals surface area contributed by atoms with E-state index in [0.29, 0.717) is 29.3 Å². The Kier molecular flexibility index (Phi) is 5.57. The highest BCUT2D eigenvalue weighted by Crippen LogP contribution is 2.25. The number of nitrogens with zero attached hydrogens (tertiary/aromatic N) is 4. The number of benzene rings is 2. The molecule has 8 nitrogen and oxygen atoms in total. The lowest BCUT2D eigenvalue weighted by Crippen LogP contribution is -2.14. The van der Waals surface area contributed by atoms with Gasteiger partial charge in [-0.15, -0.1) is 0 Å². The van der Waals surface area contributed by atoms with Crippen molar-refractivity contribution in [3.8, 4) is 17.4 Å². The fourth-order valence-corrected chi connectivity index (χ4v) is 4.06. The number of anilines is 1. The Morgan fingerprint density at radius 2 is 1.75 bits per heavy atom. The van der Waals surface area contributed by atoms with Gasteiger partial charge in [-0.2, -0.15) is 4.98 Å². The van der Waals surface area contributed by atoms with Gasteiger partial charge in [-0.3, -0.25) is 9.29 Å². The highest BCUT2D eigenvalue weighted by molar-refractivity contribution is 7.92. The molecule has 0 saturated heterocycles. The lowest BCUT2D eigenvalue weighted by Gasteiger charge is -2.11. The Hall–Kier alpha value is -3.86. The molecule has 0 fully saturated rings. The van der Waals surface area contributed by atoms with E-state index in [0.717, 1.165) is 18.0 Å². The van der Waals surface area contributed by atoms with Crippen LogP contribution in [-0.2, 0) is 10.0 Å². The second-order valence-corrected chi connectivity index (χ2v) is 8.41. The number of hydrogen-bond donors (Lipinski definition) is 1. The second kappa shape index (κ2) is 8.35. The minimum atomic E-state index is -4.23. The molecule has 32 heavy (non-hydrogen) atoms. The van der Waals surface area contributed by atoms with Crippen molar-refractivity contribution in [3.05, 3.63) is 84.2 Å². The summed E-state index contributed by atoms with van der Waals surface area (Å²) in [4.78, 5) is 12.1. The molecule has 0 saturated carbocycles. The molecule has 0 aliphatic rings. The molecule has 0 radical (unpaired) electrons. The van der Waals surface area contributed by atoms with Crippen molar-refractivity contribution in [3.63, 3.8) is 0 Å². The Bertz CT molecular complexity index is 1390. The lowest BCUT2D eigenvalue weighted by molar-refractivity contribution is 0.459. The van der Waals surface area contributed by atoms with E-state index < -0.39 is 26.6 Å². The first-order valence-corrected chi connectivity index (χ1v) is 10.8. The number of ether oxygens (including phenoxy) is 1. The zero-order valence-corrected chi connectivity index (χ0v) is 17.8. The molecule has 0 atom stereocenters. The van der Waals surface area contributed by atoms with Crippen LogP contribution < -0.4 is 9.46 Å². The normalized spacial score (nSPS) is 11.4. The summed E-state index contributed by atoms with van der Waals surface area (Å²) in [5.74, 6) is 0.484.